The Bertz CT molecular complexity index is 699. The van der Waals surface area contributed by atoms with Gasteiger partial charge in [-0.3, -0.25) is 9.59 Å². The zero-order valence-corrected chi connectivity index (χ0v) is 16.6. The lowest BCUT2D eigenvalue weighted by Crippen LogP contribution is -2.20. The van der Waals surface area contributed by atoms with Crippen molar-refractivity contribution in [3.05, 3.63) is 59.7 Å². The van der Waals surface area contributed by atoms with Crippen molar-refractivity contribution in [2.45, 2.75) is 24.7 Å². The Morgan fingerprint density at radius 1 is 0.643 bits per heavy atom. The zero-order chi connectivity index (χ0) is 20.5. The Morgan fingerprint density at radius 2 is 0.964 bits per heavy atom. The minimum atomic E-state index is -0.343. The molecule has 0 amide bonds. The molecule has 150 valence electrons. The van der Waals surface area contributed by atoms with Crippen molar-refractivity contribution < 1.29 is 28.5 Å². The lowest BCUT2D eigenvalue weighted by atomic mass is 9.77. The van der Waals surface area contributed by atoms with Crippen molar-refractivity contribution in [1.82, 2.24) is 0 Å². The average Bonchev–Trinajstić information content (AvgIpc) is 2.75. The topological polar surface area (TPSA) is 71.1 Å². The van der Waals surface area contributed by atoms with Gasteiger partial charge in [0.05, 0.1) is 41.3 Å². The number of carbonyl (C=O) groups is 2. The quantitative estimate of drug-likeness (QED) is 0.612. The predicted octanol–water partition coefficient (Wildman–Crippen LogP) is 3.70. The largest absolute Gasteiger partial charge is 0.497 e. The van der Waals surface area contributed by atoms with E-state index in [9.17, 15) is 9.59 Å². The van der Waals surface area contributed by atoms with E-state index in [-0.39, 0.29) is 36.6 Å². The van der Waals surface area contributed by atoms with Crippen molar-refractivity contribution in [1.29, 1.82) is 0 Å². The van der Waals surface area contributed by atoms with Crippen LogP contribution in [0.1, 0.15) is 35.8 Å². The maximum absolute atomic E-state index is 12.1. The van der Waals surface area contributed by atoms with Gasteiger partial charge >= 0.3 is 11.9 Å². The molecule has 2 aromatic carbocycles. The molecule has 0 N–H and O–H groups in total. The van der Waals surface area contributed by atoms with Crippen LogP contribution in [-0.4, -0.2) is 40.4 Å². The van der Waals surface area contributed by atoms with Gasteiger partial charge in [-0.1, -0.05) is 24.3 Å². The summed E-state index contributed by atoms with van der Waals surface area (Å²) in [6.45, 7) is 0. The van der Waals surface area contributed by atoms with E-state index >= 15 is 0 Å². The van der Waals surface area contributed by atoms with Gasteiger partial charge in [0, 0.05) is 11.8 Å². The molecule has 2 rings (SSSR count). The van der Waals surface area contributed by atoms with Gasteiger partial charge < -0.3 is 18.9 Å². The number of rotatable bonds is 9. The summed E-state index contributed by atoms with van der Waals surface area (Å²) in [5, 5.41) is 0. The second kappa shape index (κ2) is 10.3. The number of ether oxygens (including phenoxy) is 4. The van der Waals surface area contributed by atoms with Gasteiger partial charge in [0.15, 0.2) is 0 Å². The van der Waals surface area contributed by atoms with Crippen LogP contribution in [0.2, 0.25) is 0 Å². The van der Waals surface area contributed by atoms with E-state index in [0.29, 0.717) is 0 Å². The third-order valence-corrected chi connectivity index (χ3v) is 4.80. The zero-order valence-electron chi connectivity index (χ0n) is 16.6. The van der Waals surface area contributed by atoms with Crippen LogP contribution in [0.25, 0.3) is 0 Å². The molecule has 0 saturated carbocycles. The highest BCUT2D eigenvalue weighted by Crippen LogP contribution is 2.39. The van der Waals surface area contributed by atoms with Gasteiger partial charge in [0.25, 0.3) is 0 Å². The fourth-order valence-corrected chi connectivity index (χ4v) is 3.21. The molecule has 0 aliphatic rings. The van der Waals surface area contributed by atoms with E-state index in [2.05, 4.69) is 0 Å². The summed E-state index contributed by atoms with van der Waals surface area (Å²) in [5.74, 6) is 0.203. The maximum Gasteiger partial charge on any atom is 0.306 e. The summed E-state index contributed by atoms with van der Waals surface area (Å²) in [4.78, 5) is 24.3. The van der Waals surface area contributed by atoms with Gasteiger partial charge in [-0.2, -0.15) is 0 Å². The van der Waals surface area contributed by atoms with Crippen LogP contribution in [0.4, 0.5) is 0 Å². The minimum absolute atomic E-state index is 0.135. The van der Waals surface area contributed by atoms with Crippen LogP contribution in [0.3, 0.4) is 0 Å². The molecule has 0 saturated heterocycles. The number of benzene rings is 2. The van der Waals surface area contributed by atoms with Crippen molar-refractivity contribution >= 4 is 11.9 Å². The second-order valence-electron chi connectivity index (χ2n) is 6.32. The number of hydrogen-bond donors (Lipinski definition) is 0. The molecule has 6 heteroatoms. The first-order valence-corrected chi connectivity index (χ1v) is 8.93. The molecule has 2 atom stereocenters. The SMILES string of the molecule is COC(=O)CC(c1ccc(OC)cc1)C(CC(=O)OC)c1ccc(OC)cc1. The van der Waals surface area contributed by atoms with Gasteiger partial charge in [0.2, 0.25) is 0 Å². The van der Waals surface area contributed by atoms with Crippen LogP contribution >= 0.6 is 0 Å². The highest BCUT2D eigenvalue weighted by molar-refractivity contribution is 5.73. The Balaban J connectivity index is 2.47. The molecule has 0 fully saturated rings. The molecular formula is C22H26O6. The fourth-order valence-electron chi connectivity index (χ4n) is 3.21. The third-order valence-electron chi connectivity index (χ3n) is 4.80. The lowest BCUT2D eigenvalue weighted by Gasteiger charge is -2.27. The Morgan fingerprint density at radius 3 is 1.21 bits per heavy atom. The van der Waals surface area contributed by atoms with Crippen LogP contribution in [0.5, 0.6) is 11.5 Å². The predicted molar refractivity (Wildman–Crippen MR) is 105 cm³/mol. The van der Waals surface area contributed by atoms with Gasteiger partial charge in [0.1, 0.15) is 11.5 Å². The minimum Gasteiger partial charge on any atom is -0.497 e. The molecule has 2 aromatic rings. The van der Waals surface area contributed by atoms with E-state index in [1.54, 1.807) is 14.2 Å². The first kappa shape index (κ1) is 21.3. The molecular weight excluding hydrogens is 360 g/mol. The highest BCUT2D eigenvalue weighted by atomic mass is 16.5. The summed E-state index contributed by atoms with van der Waals surface area (Å²) >= 11 is 0. The van der Waals surface area contributed by atoms with Crippen LogP contribution < -0.4 is 9.47 Å². The maximum atomic E-state index is 12.1. The van der Waals surface area contributed by atoms with E-state index in [1.165, 1.54) is 14.2 Å². The first-order valence-electron chi connectivity index (χ1n) is 8.93. The molecule has 28 heavy (non-hydrogen) atoms. The molecule has 0 bridgehead atoms. The molecule has 0 spiro atoms. The number of esters is 2. The van der Waals surface area contributed by atoms with E-state index in [4.69, 9.17) is 18.9 Å². The second-order valence-corrected chi connectivity index (χ2v) is 6.32. The normalized spacial score (nSPS) is 12.6. The lowest BCUT2D eigenvalue weighted by molar-refractivity contribution is -0.143. The smallest absolute Gasteiger partial charge is 0.306 e. The van der Waals surface area contributed by atoms with E-state index in [0.717, 1.165) is 22.6 Å². The Kier molecular flexibility index (Phi) is 7.87. The molecule has 0 aliphatic heterocycles. The van der Waals surface area contributed by atoms with Crippen LogP contribution in [0.15, 0.2) is 48.5 Å². The summed E-state index contributed by atoms with van der Waals surface area (Å²) < 4.78 is 20.3. The standard InChI is InChI=1S/C22H26O6/c1-25-17-9-5-15(6-10-17)19(13-21(23)27-3)20(14-22(24)28-4)16-7-11-18(26-2)12-8-16/h5-12,19-20H,13-14H2,1-4H3. The van der Waals surface area contributed by atoms with Crippen molar-refractivity contribution in [3.63, 3.8) is 0 Å². The summed E-state index contributed by atoms with van der Waals surface area (Å²) in [7, 11) is 5.91. The molecule has 6 nitrogen and oxygen atoms in total. The monoisotopic (exact) mass is 386 g/mol. The third kappa shape index (κ3) is 5.49. The molecule has 0 radical (unpaired) electrons. The van der Waals surface area contributed by atoms with Crippen molar-refractivity contribution in [2.75, 3.05) is 28.4 Å². The Labute approximate surface area is 165 Å². The van der Waals surface area contributed by atoms with E-state index in [1.807, 2.05) is 48.5 Å². The highest BCUT2D eigenvalue weighted by Gasteiger charge is 2.30. The van der Waals surface area contributed by atoms with Crippen LogP contribution in [-0.2, 0) is 19.1 Å². The molecule has 0 heterocycles. The van der Waals surface area contributed by atoms with Crippen LogP contribution in [0, 0.1) is 0 Å². The molecule has 0 aliphatic carbocycles. The van der Waals surface area contributed by atoms with Crippen molar-refractivity contribution in [3.8, 4) is 11.5 Å². The number of hydrogen-bond acceptors (Lipinski definition) is 6. The fraction of sp³-hybridized carbons (Fsp3) is 0.364. The van der Waals surface area contributed by atoms with Gasteiger partial charge in [-0.05, 0) is 35.4 Å². The van der Waals surface area contributed by atoms with Crippen molar-refractivity contribution in [2.24, 2.45) is 0 Å². The Hall–Kier alpha value is -3.02. The number of methoxy groups -OCH3 is 4. The summed E-state index contributed by atoms with van der Waals surface area (Å²) in [6.07, 6.45) is 0.271. The van der Waals surface area contributed by atoms with Gasteiger partial charge in [-0.15, -0.1) is 0 Å². The van der Waals surface area contributed by atoms with E-state index < -0.39 is 0 Å². The summed E-state index contributed by atoms with van der Waals surface area (Å²) in [6, 6.07) is 15.0. The molecule has 2 unspecified atom stereocenters. The van der Waals surface area contributed by atoms with Gasteiger partial charge in [-0.25, -0.2) is 0 Å². The summed E-state index contributed by atoms with van der Waals surface area (Å²) in [5.41, 5.74) is 1.83. The number of carbonyl (C=O) groups excluding carboxylic acids is 2. The molecule has 0 aromatic heterocycles. The first-order chi connectivity index (χ1) is 13.5. The average molecular weight is 386 g/mol.